The van der Waals surface area contributed by atoms with Crippen molar-refractivity contribution < 1.29 is 4.79 Å². The van der Waals surface area contributed by atoms with Crippen molar-refractivity contribution in [3.63, 3.8) is 0 Å². The van der Waals surface area contributed by atoms with Crippen molar-refractivity contribution in [3.05, 3.63) is 29.8 Å². The van der Waals surface area contributed by atoms with E-state index in [1.165, 1.54) is 0 Å². The number of carbonyl (C=O) groups excluding carboxylic acids is 1. The fraction of sp³-hybridized carbons (Fsp3) is 0.533. The SMILES string of the molecule is CCCCCN(C)C(=O)Nc1cccc(C(C)N)c1. The Labute approximate surface area is 116 Å². The number of urea groups is 1. The second kappa shape index (κ2) is 7.79. The van der Waals surface area contributed by atoms with Crippen molar-refractivity contribution in [2.24, 2.45) is 5.73 Å². The molecule has 0 fully saturated rings. The molecule has 0 heterocycles. The number of nitrogens with one attached hydrogen (secondary N) is 1. The van der Waals surface area contributed by atoms with E-state index in [-0.39, 0.29) is 12.1 Å². The van der Waals surface area contributed by atoms with Gasteiger partial charge in [-0.3, -0.25) is 0 Å². The fourth-order valence-electron chi connectivity index (χ4n) is 1.82. The molecule has 0 aliphatic rings. The molecule has 0 spiro atoms. The first-order valence-corrected chi connectivity index (χ1v) is 6.92. The van der Waals surface area contributed by atoms with Crippen molar-refractivity contribution in [2.75, 3.05) is 18.9 Å². The van der Waals surface area contributed by atoms with Crippen LogP contribution in [0.3, 0.4) is 0 Å². The first-order valence-electron chi connectivity index (χ1n) is 6.92. The molecule has 1 aromatic carbocycles. The summed E-state index contributed by atoms with van der Waals surface area (Å²) in [5.41, 5.74) is 7.64. The summed E-state index contributed by atoms with van der Waals surface area (Å²) < 4.78 is 0. The Morgan fingerprint density at radius 3 is 2.79 bits per heavy atom. The lowest BCUT2D eigenvalue weighted by atomic mass is 10.1. The average Bonchev–Trinajstić information content (AvgIpc) is 2.39. The first kappa shape index (κ1) is 15.5. The largest absolute Gasteiger partial charge is 0.328 e. The zero-order valence-electron chi connectivity index (χ0n) is 12.1. The van der Waals surface area contributed by atoms with Crippen LogP contribution in [0.4, 0.5) is 10.5 Å². The van der Waals surface area contributed by atoms with Gasteiger partial charge in [-0.15, -0.1) is 0 Å². The highest BCUT2D eigenvalue weighted by atomic mass is 16.2. The monoisotopic (exact) mass is 263 g/mol. The van der Waals surface area contributed by atoms with E-state index in [0.29, 0.717) is 0 Å². The van der Waals surface area contributed by atoms with Gasteiger partial charge in [-0.1, -0.05) is 31.9 Å². The van der Waals surface area contributed by atoms with Gasteiger partial charge in [0.1, 0.15) is 0 Å². The van der Waals surface area contributed by atoms with E-state index in [0.717, 1.165) is 37.1 Å². The molecule has 0 saturated carbocycles. The minimum absolute atomic E-state index is 0.0286. The summed E-state index contributed by atoms with van der Waals surface area (Å²) in [6.07, 6.45) is 3.35. The molecule has 0 aliphatic carbocycles. The third-order valence-electron chi connectivity index (χ3n) is 3.11. The number of hydrogen-bond donors (Lipinski definition) is 2. The zero-order valence-corrected chi connectivity index (χ0v) is 12.1. The van der Waals surface area contributed by atoms with Gasteiger partial charge in [-0.25, -0.2) is 4.79 Å². The van der Waals surface area contributed by atoms with Gasteiger partial charge in [0.25, 0.3) is 0 Å². The number of nitrogens with two attached hydrogens (primary N) is 1. The molecule has 3 N–H and O–H groups in total. The van der Waals surface area contributed by atoms with Crippen molar-refractivity contribution in [2.45, 2.75) is 39.2 Å². The van der Waals surface area contributed by atoms with Gasteiger partial charge in [-0.2, -0.15) is 0 Å². The zero-order chi connectivity index (χ0) is 14.3. The standard InChI is InChI=1S/C15H25N3O/c1-4-5-6-10-18(3)15(19)17-14-9-7-8-13(11-14)12(2)16/h7-9,11-12H,4-6,10,16H2,1-3H3,(H,17,19). The van der Waals surface area contributed by atoms with Gasteiger partial charge < -0.3 is 16.0 Å². The molecule has 1 aromatic rings. The summed E-state index contributed by atoms with van der Waals surface area (Å²) in [7, 11) is 1.82. The summed E-state index contributed by atoms with van der Waals surface area (Å²) >= 11 is 0. The van der Waals surface area contributed by atoms with E-state index >= 15 is 0 Å². The molecule has 106 valence electrons. The number of unbranched alkanes of at least 4 members (excludes halogenated alkanes) is 2. The van der Waals surface area contributed by atoms with E-state index in [4.69, 9.17) is 5.73 Å². The number of amides is 2. The van der Waals surface area contributed by atoms with Crippen LogP contribution < -0.4 is 11.1 Å². The van der Waals surface area contributed by atoms with E-state index in [1.54, 1.807) is 4.90 Å². The number of carbonyl (C=O) groups is 1. The van der Waals surface area contributed by atoms with Gasteiger partial charge >= 0.3 is 6.03 Å². The molecule has 0 aromatic heterocycles. The highest BCUT2D eigenvalue weighted by Gasteiger charge is 2.09. The van der Waals surface area contributed by atoms with E-state index in [1.807, 2.05) is 38.2 Å². The van der Waals surface area contributed by atoms with Gasteiger partial charge in [0.2, 0.25) is 0 Å². The summed E-state index contributed by atoms with van der Waals surface area (Å²) in [5.74, 6) is 0. The number of hydrogen-bond acceptors (Lipinski definition) is 2. The van der Waals surface area contributed by atoms with Crippen LogP contribution in [0.5, 0.6) is 0 Å². The molecule has 1 rings (SSSR count). The van der Waals surface area contributed by atoms with Gasteiger partial charge in [0, 0.05) is 25.3 Å². The van der Waals surface area contributed by atoms with Gasteiger partial charge in [0.05, 0.1) is 0 Å². The fourth-order valence-corrected chi connectivity index (χ4v) is 1.82. The van der Waals surface area contributed by atoms with Crippen LogP contribution in [-0.4, -0.2) is 24.5 Å². The second-order valence-electron chi connectivity index (χ2n) is 4.97. The molecular formula is C15H25N3O. The Kier molecular flexibility index (Phi) is 6.36. The minimum atomic E-state index is -0.0714. The van der Waals surface area contributed by atoms with E-state index in [9.17, 15) is 4.79 Å². The number of rotatable bonds is 6. The third kappa shape index (κ3) is 5.30. The quantitative estimate of drug-likeness (QED) is 0.773. The smallest absolute Gasteiger partial charge is 0.321 e. The molecule has 19 heavy (non-hydrogen) atoms. The highest BCUT2D eigenvalue weighted by Crippen LogP contribution is 2.15. The second-order valence-corrected chi connectivity index (χ2v) is 4.97. The summed E-state index contributed by atoms with van der Waals surface area (Å²) in [4.78, 5) is 13.7. The van der Waals surface area contributed by atoms with Crippen LogP contribution in [0, 0.1) is 0 Å². The molecule has 1 unspecified atom stereocenters. The van der Waals surface area contributed by atoms with E-state index in [2.05, 4.69) is 12.2 Å². The molecule has 0 radical (unpaired) electrons. The van der Waals surface area contributed by atoms with Crippen LogP contribution in [-0.2, 0) is 0 Å². The van der Waals surface area contributed by atoms with Crippen molar-refractivity contribution in [1.82, 2.24) is 4.90 Å². The Balaban J connectivity index is 2.54. The lowest BCUT2D eigenvalue weighted by Crippen LogP contribution is -2.32. The molecule has 4 heteroatoms. The minimum Gasteiger partial charge on any atom is -0.328 e. The van der Waals surface area contributed by atoms with Crippen LogP contribution in [0.2, 0.25) is 0 Å². The predicted octanol–water partition coefficient (Wildman–Crippen LogP) is 3.36. The Morgan fingerprint density at radius 1 is 1.42 bits per heavy atom. The lowest BCUT2D eigenvalue weighted by Gasteiger charge is -2.18. The maximum absolute atomic E-state index is 12.0. The van der Waals surface area contributed by atoms with Crippen LogP contribution in [0.15, 0.2) is 24.3 Å². The van der Waals surface area contributed by atoms with E-state index < -0.39 is 0 Å². The third-order valence-corrected chi connectivity index (χ3v) is 3.11. The number of benzene rings is 1. The Bertz CT molecular complexity index is 404. The lowest BCUT2D eigenvalue weighted by molar-refractivity contribution is 0.221. The van der Waals surface area contributed by atoms with Crippen molar-refractivity contribution >= 4 is 11.7 Å². The topological polar surface area (TPSA) is 58.4 Å². The molecule has 0 aliphatic heterocycles. The normalized spacial score (nSPS) is 12.0. The van der Waals surface area contributed by atoms with Crippen LogP contribution >= 0.6 is 0 Å². The molecule has 4 nitrogen and oxygen atoms in total. The molecule has 2 amide bonds. The molecule has 0 bridgehead atoms. The highest BCUT2D eigenvalue weighted by molar-refractivity contribution is 5.89. The summed E-state index contributed by atoms with van der Waals surface area (Å²) in [6.45, 7) is 4.87. The van der Waals surface area contributed by atoms with Gasteiger partial charge in [0.15, 0.2) is 0 Å². The predicted molar refractivity (Wildman–Crippen MR) is 80.2 cm³/mol. The summed E-state index contributed by atoms with van der Waals surface area (Å²) in [6, 6.07) is 7.57. The number of anilines is 1. The van der Waals surface area contributed by atoms with Crippen molar-refractivity contribution in [1.29, 1.82) is 0 Å². The van der Waals surface area contributed by atoms with Crippen LogP contribution in [0.1, 0.15) is 44.7 Å². The van der Waals surface area contributed by atoms with Crippen LogP contribution in [0.25, 0.3) is 0 Å². The molecule has 1 atom stereocenters. The summed E-state index contributed by atoms with van der Waals surface area (Å²) in [5, 5.41) is 2.90. The number of nitrogens with zero attached hydrogens (tertiary/aromatic N) is 1. The van der Waals surface area contributed by atoms with Gasteiger partial charge in [-0.05, 0) is 31.0 Å². The Morgan fingerprint density at radius 2 is 2.16 bits per heavy atom. The molecular weight excluding hydrogens is 238 g/mol. The first-order chi connectivity index (χ1) is 9.04. The van der Waals surface area contributed by atoms with Crippen molar-refractivity contribution in [3.8, 4) is 0 Å². The maximum Gasteiger partial charge on any atom is 0.321 e. The molecule has 0 saturated heterocycles. The average molecular weight is 263 g/mol. The maximum atomic E-state index is 12.0. The Hall–Kier alpha value is -1.55.